The van der Waals surface area contributed by atoms with E-state index in [1.807, 2.05) is 0 Å². The van der Waals surface area contributed by atoms with E-state index in [-0.39, 0.29) is 20.6 Å². The van der Waals surface area contributed by atoms with E-state index in [0.717, 1.165) is 15.6 Å². The molecule has 0 aliphatic rings. The monoisotopic (exact) mass is 370 g/mol. The van der Waals surface area contributed by atoms with Crippen LogP contribution in [-0.2, 0) is 10.0 Å². The summed E-state index contributed by atoms with van der Waals surface area (Å²) in [6.45, 7) is 0. The van der Waals surface area contributed by atoms with Crippen molar-refractivity contribution in [1.29, 1.82) is 0 Å². The first-order valence-corrected chi connectivity index (χ1v) is 8.61. The molecule has 20 heavy (non-hydrogen) atoms. The van der Waals surface area contributed by atoms with Crippen molar-refractivity contribution in [2.24, 2.45) is 0 Å². The molecule has 9 heteroatoms. The van der Waals surface area contributed by atoms with Crippen molar-refractivity contribution in [3.63, 3.8) is 0 Å². The fourth-order valence-electron chi connectivity index (χ4n) is 1.57. The molecule has 0 bridgehead atoms. The van der Waals surface area contributed by atoms with Crippen LogP contribution in [0.15, 0.2) is 29.2 Å². The summed E-state index contributed by atoms with van der Waals surface area (Å²) in [4.78, 5) is -0.0592. The molecular formula is C11H9Cl3N2O2S2. The average molecular weight is 372 g/mol. The van der Waals surface area contributed by atoms with Crippen molar-refractivity contribution in [2.45, 2.75) is 4.90 Å². The van der Waals surface area contributed by atoms with E-state index < -0.39 is 10.0 Å². The third kappa shape index (κ3) is 2.84. The van der Waals surface area contributed by atoms with E-state index in [4.69, 9.17) is 40.5 Å². The van der Waals surface area contributed by atoms with Gasteiger partial charge in [0.2, 0.25) is 0 Å². The highest BCUT2D eigenvalue weighted by atomic mass is 35.5. The number of hydrogen-bond acceptors (Lipinski definition) is 4. The van der Waals surface area contributed by atoms with Crippen LogP contribution < -0.4 is 10.0 Å². The molecule has 0 saturated heterocycles. The van der Waals surface area contributed by atoms with Crippen molar-refractivity contribution in [3.8, 4) is 0 Å². The number of nitrogens with two attached hydrogens (primary N) is 1. The average Bonchev–Trinajstić information content (AvgIpc) is 2.71. The minimum Gasteiger partial charge on any atom is -0.397 e. The largest absolute Gasteiger partial charge is 0.397 e. The summed E-state index contributed by atoms with van der Waals surface area (Å²) < 4.78 is 26.5. The minimum absolute atomic E-state index is 0.0592. The van der Waals surface area contributed by atoms with Crippen LogP contribution in [0.2, 0.25) is 13.7 Å². The van der Waals surface area contributed by atoms with Gasteiger partial charge in [0.25, 0.3) is 10.0 Å². The van der Waals surface area contributed by atoms with E-state index >= 15 is 0 Å². The minimum atomic E-state index is -3.85. The summed E-state index contributed by atoms with van der Waals surface area (Å²) >= 11 is 18.5. The highest BCUT2D eigenvalue weighted by Crippen LogP contribution is 2.38. The maximum atomic E-state index is 12.5. The van der Waals surface area contributed by atoms with Gasteiger partial charge in [-0.15, -0.1) is 11.3 Å². The predicted octanol–water partition coefficient (Wildman–Crippen LogP) is 4.12. The van der Waals surface area contributed by atoms with Crippen molar-refractivity contribution in [1.82, 2.24) is 0 Å². The first kappa shape index (κ1) is 15.7. The number of nitrogens with zero attached hydrogens (tertiary/aromatic N) is 1. The predicted molar refractivity (Wildman–Crippen MR) is 85.8 cm³/mol. The number of benzene rings is 1. The van der Waals surface area contributed by atoms with Crippen molar-refractivity contribution >= 4 is 67.5 Å². The Labute approximate surface area is 135 Å². The van der Waals surface area contributed by atoms with Crippen LogP contribution in [0.3, 0.4) is 0 Å². The summed E-state index contributed by atoms with van der Waals surface area (Å²) in [5.41, 5.74) is 6.35. The molecule has 0 aliphatic heterocycles. The van der Waals surface area contributed by atoms with Crippen LogP contribution in [-0.4, -0.2) is 15.5 Å². The number of halogens is 3. The summed E-state index contributed by atoms with van der Waals surface area (Å²) in [7, 11) is -2.48. The van der Waals surface area contributed by atoms with Gasteiger partial charge in [-0.05, 0) is 24.3 Å². The molecule has 0 atom stereocenters. The van der Waals surface area contributed by atoms with Crippen LogP contribution in [0.25, 0.3) is 0 Å². The van der Waals surface area contributed by atoms with E-state index in [0.29, 0.717) is 9.36 Å². The van der Waals surface area contributed by atoms with Gasteiger partial charge in [-0.2, -0.15) is 0 Å². The molecule has 2 aromatic rings. The molecule has 0 radical (unpaired) electrons. The van der Waals surface area contributed by atoms with Crippen LogP contribution in [0, 0.1) is 0 Å². The number of hydrogen-bond donors (Lipinski definition) is 1. The molecule has 0 saturated carbocycles. The van der Waals surface area contributed by atoms with Crippen molar-refractivity contribution in [3.05, 3.63) is 38.0 Å². The zero-order valence-electron chi connectivity index (χ0n) is 10.1. The zero-order valence-corrected chi connectivity index (χ0v) is 14.0. The normalized spacial score (nSPS) is 11.6. The first-order chi connectivity index (χ1) is 9.23. The second kappa shape index (κ2) is 5.61. The SMILES string of the molecule is CN(c1cc(Cl)ccc1N)S(=O)(=O)c1cc(Cl)sc1Cl. The summed E-state index contributed by atoms with van der Waals surface area (Å²) in [6.07, 6.45) is 0. The Balaban J connectivity index is 2.54. The molecule has 2 N–H and O–H groups in total. The molecule has 0 spiro atoms. The Morgan fingerprint density at radius 2 is 1.85 bits per heavy atom. The Bertz CT molecular complexity index is 759. The maximum absolute atomic E-state index is 12.5. The quantitative estimate of drug-likeness (QED) is 0.826. The fraction of sp³-hybridized carbons (Fsp3) is 0.0909. The molecule has 1 heterocycles. The molecule has 0 aliphatic carbocycles. The number of thiophene rings is 1. The topological polar surface area (TPSA) is 63.4 Å². The van der Waals surface area contributed by atoms with Crippen LogP contribution in [0.4, 0.5) is 11.4 Å². The van der Waals surface area contributed by atoms with Gasteiger partial charge in [0, 0.05) is 12.1 Å². The van der Waals surface area contributed by atoms with E-state index in [9.17, 15) is 8.42 Å². The number of sulfonamides is 1. The first-order valence-electron chi connectivity index (χ1n) is 5.22. The molecular weight excluding hydrogens is 363 g/mol. The molecule has 2 rings (SSSR count). The molecule has 1 aromatic heterocycles. The molecule has 0 unspecified atom stereocenters. The summed E-state index contributed by atoms with van der Waals surface area (Å²) in [5, 5.41) is 0.380. The second-order valence-electron chi connectivity index (χ2n) is 3.86. The maximum Gasteiger partial charge on any atom is 0.266 e. The van der Waals surface area contributed by atoms with Gasteiger partial charge in [0.15, 0.2) is 0 Å². The van der Waals surface area contributed by atoms with E-state index in [1.54, 1.807) is 6.07 Å². The summed E-state index contributed by atoms with van der Waals surface area (Å²) in [5.74, 6) is 0. The third-order valence-electron chi connectivity index (χ3n) is 2.60. The highest BCUT2D eigenvalue weighted by molar-refractivity contribution is 7.93. The Morgan fingerprint density at radius 1 is 1.20 bits per heavy atom. The Morgan fingerprint density at radius 3 is 2.40 bits per heavy atom. The fourth-order valence-corrected chi connectivity index (χ4v) is 5.06. The van der Waals surface area contributed by atoms with Gasteiger partial charge in [0.1, 0.15) is 9.23 Å². The van der Waals surface area contributed by atoms with Crippen LogP contribution >= 0.6 is 46.1 Å². The highest BCUT2D eigenvalue weighted by Gasteiger charge is 2.27. The van der Waals surface area contributed by atoms with Gasteiger partial charge in [-0.25, -0.2) is 8.42 Å². The third-order valence-corrected chi connectivity index (χ3v) is 6.36. The van der Waals surface area contributed by atoms with E-state index in [2.05, 4.69) is 0 Å². The van der Waals surface area contributed by atoms with E-state index in [1.165, 1.54) is 25.2 Å². The van der Waals surface area contributed by atoms with Gasteiger partial charge in [0.05, 0.1) is 15.7 Å². The van der Waals surface area contributed by atoms with Crippen LogP contribution in [0.5, 0.6) is 0 Å². The Kier molecular flexibility index (Phi) is 4.41. The van der Waals surface area contributed by atoms with Crippen molar-refractivity contribution < 1.29 is 8.42 Å². The number of nitrogen functional groups attached to an aromatic ring is 1. The molecule has 0 fully saturated rings. The van der Waals surface area contributed by atoms with Gasteiger partial charge < -0.3 is 5.73 Å². The Hall–Kier alpha value is -0.660. The lowest BCUT2D eigenvalue weighted by molar-refractivity contribution is 0.595. The second-order valence-corrected chi connectivity index (χ2v) is 8.52. The molecule has 0 amide bonds. The van der Waals surface area contributed by atoms with Gasteiger partial charge in [-0.1, -0.05) is 34.8 Å². The molecule has 1 aromatic carbocycles. The standard InChI is InChI=1S/C11H9Cl3N2O2S2/c1-16(8-4-6(12)2-3-7(8)15)20(17,18)9-5-10(13)19-11(9)14/h2-5H,15H2,1H3. The molecule has 4 nitrogen and oxygen atoms in total. The number of rotatable bonds is 3. The van der Waals surface area contributed by atoms with Gasteiger partial charge >= 0.3 is 0 Å². The lowest BCUT2D eigenvalue weighted by Gasteiger charge is -2.20. The zero-order chi connectivity index (χ0) is 15.1. The lowest BCUT2D eigenvalue weighted by Crippen LogP contribution is -2.27. The van der Waals surface area contributed by atoms with Crippen LogP contribution in [0.1, 0.15) is 0 Å². The summed E-state index contributed by atoms with van der Waals surface area (Å²) in [6, 6.07) is 5.89. The lowest BCUT2D eigenvalue weighted by atomic mass is 10.3. The number of anilines is 2. The van der Waals surface area contributed by atoms with Gasteiger partial charge in [-0.3, -0.25) is 4.31 Å². The smallest absolute Gasteiger partial charge is 0.266 e. The van der Waals surface area contributed by atoms with Crippen molar-refractivity contribution in [2.75, 3.05) is 17.1 Å². The molecule has 108 valence electrons.